The van der Waals surface area contributed by atoms with Gasteiger partial charge in [-0.2, -0.15) is 4.99 Å². The summed E-state index contributed by atoms with van der Waals surface area (Å²) in [5, 5.41) is 3.45. The van der Waals surface area contributed by atoms with Gasteiger partial charge >= 0.3 is 0 Å². The maximum absolute atomic E-state index is 12.0. The molecule has 0 N–H and O–H groups in total. The van der Waals surface area contributed by atoms with Crippen LogP contribution in [-0.4, -0.2) is 28.7 Å². The smallest absolute Gasteiger partial charge is 0.256 e. The molecule has 1 aromatic rings. The monoisotopic (exact) mass is 243 g/mol. The first-order chi connectivity index (χ1) is 8.66. The molecular formula is C13H13N3O2. The molecule has 1 saturated heterocycles. The number of benzene rings is 1. The van der Waals surface area contributed by atoms with Crippen LogP contribution in [0.15, 0.2) is 35.3 Å². The number of hydrazine groups is 1. The van der Waals surface area contributed by atoms with Crippen LogP contribution in [0.2, 0.25) is 0 Å². The first-order valence-electron chi connectivity index (χ1n) is 5.94. The third-order valence-corrected chi connectivity index (χ3v) is 3.17. The zero-order valence-electron chi connectivity index (χ0n) is 10.0. The number of para-hydroxylation sites is 1. The number of fused-ring (bicyclic) bond motifs is 1. The summed E-state index contributed by atoms with van der Waals surface area (Å²) >= 11 is 0. The molecule has 0 bridgehead atoms. The molecule has 0 spiro atoms. The first kappa shape index (κ1) is 11.0. The minimum Gasteiger partial charge on any atom is -0.274 e. The molecule has 0 saturated carbocycles. The van der Waals surface area contributed by atoms with Crippen molar-refractivity contribution in [2.75, 3.05) is 5.01 Å². The van der Waals surface area contributed by atoms with Crippen LogP contribution in [0.4, 0.5) is 5.69 Å². The van der Waals surface area contributed by atoms with Gasteiger partial charge in [-0.3, -0.25) is 14.6 Å². The molecule has 0 radical (unpaired) electrons. The van der Waals surface area contributed by atoms with Crippen LogP contribution in [0.1, 0.15) is 19.8 Å². The molecule has 3 rings (SSSR count). The Morgan fingerprint density at radius 3 is 2.67 bits per heavy atom. The fourth-order valence-corrected chi connectivity index (χ4v) is 2.45. The van der Waals surface area contributed by atoms with Crippen molar-refractivity contribution in [3.8, 4) is 0 Å². The number of nitrogens with zero attached hydrogens (tertiary/aromatic N) is 3. The zero-order valence-corrected chi connectivity index (χ0v) is 10.0. The van der Waals surface area contributed by atoms with E-state index in [0.717, 1.165) is 5.69 Å². The summed E-state index contributed by atoms with van der Waals surface area (Å²) < 4.78 is 0. The van der Waals surface area contributed by atoms with Crippen molar-refractivity contribution in [1.82, 2.24) is 5.01 Å². The molecule has 0 aliphatic carbocycles. The second-order valence-corrected chi connectivity index (χ2v) is 4.54. The Morgan fingerprint density at radius 2 is 1.94 bits per heavy atom. The molecule has 1 fully saturated rings. The highest BCUT2D eigenvalue weighted by molar-refractivity contribution is 6.15. The topological polar surface area (TPSA) is 53.0 Å². The summed E-state index contributed by atoms with van der Waals surface area (Å²) in [6, 6.07) is 9.81. The van der Waals surface area contributed by atoms with Crippen LogP contribution in [-0.2, 0) is 9.59 Å². The lowest BCUT2D eigenvalue weighted by atomic mass is 10.2. The molecule has 92 valence electrons. The summed E-state index contributed by atoms with van der Waals surface area (Å²) in [5.74, 6) is 0.0270. The Kier molecular flexibility index (Phi) is 2.40. The summed E-state index contributed by atoms with van der Waals surface area (Å²) in [5.41, 5.74) is 0.942. The van der Waals surface area contributed by atoms with Crippen molar-refractivity contribution >= 4 is 23.3 Å². The van der Waals surface area contributed by atoms with E-state index in [1.165, 1.54) is 0 Å². The van der Waals surface area contributed by atoms with Gasteiger partial charge < -0.3 is 0 Å². The maximum Gasteiger partial charge on any atom is 0.256 e. The van der Waals surface area contributed by atoms with Crippen molar-refractivity contribution in [3.05, 3.63) is 30.3 Å². The van der Waals surface area contributed by atoms with E-state index in [9.17, 15) is 9.59 Å². The van der Waals surface area contributed by atoms with Gasteiger partial charge in [-0.1, -0.05) is 18.2 Å². The summed E-state index contributed by atoms with van der Waals surface area (Å²) in [4.78, 5) is 27.3. The van der Waals surface area contributed by atoms with Gasteiger partial charge in [0.1, 0.15) is 12.3 Å². The van der Waals surface area contributed by atoms with Gasteiger partial charge in [-0.15, -0.1) is 0 Å². The van der Waals surface area contributed by atoms with Crippen LogP contribution in [0.25, 0.3) is 0 Å². The fourth-order valence-electron chi connectivity index (χ4n) is 2.45. The van der Waals surface area contributed by atoms with E-state index in [1.54, 1.807) is 5.01 Å². The number of hydrogen-bond donors (Lipinski definition) is 0. The normalized spacial score (nSPS) is 23.2. The second-order valence-electron chi connectivity index (χ2n) is 4.54. The quantitative estimate of drug-likeness (QED) is 0.700. The summed E-state index contributed by atoms with van der Waals surface area (Å²) in [6.07, 6.45) is 0.478. The first-order valence-corrected chi connectivity index (χ1v) is 5.94. The minimum absolute atomic E-state index is 0.126. The number of amides is 2. The molecule has 2 aliphatic heterocycles. The Hall–Kier alpha value is -2.17. The number of anilines is 1. The molecule has 5 nitrogen and oxygen atoms in total. The average molecular weight is 243 g/mol. The molecule has 2 amide bonds. The van der Waals surface area contributed by atoms with Gasteiger partial charge in [0.2, 0.25) is 0 Å². The lowest BCUT2D eigenvalue weighted by Gasteiger charge is -2.33. The molecule has 0 aromatic heterocycles. The standard InChI is InChI=1S/C13H13N3O2/c1-9-7-11-14-12(17)8-13(18)16(11)15(9)10-5-3-2-4-6-10/h2-6,9H,7-8H2,1H3. The van der Waals surface area contributed by atoms with Gasteiger partial charge in [0.25, 0.3) is 11.8 Å². The molecular weight excluding hydrogens is 230 g/mol. The predicted octanol–water partition coefficient (Wildman–Crippen LogP) is 1.36. The highest BCUT2D eigenvalue weighted by atomic mass is 16.2. The van der Waals surface area contributed by atoms with Gasteiger partial charge in [-0.25, -0.2) is 5.01 Å². The zero-order chi connectivity index (χ0) is 12.7. The van der Waals surface area contributed by atoms with Crippen LogP contribution in [0, 0.1) is 0 Å². The maximum atomic E-state index is 12.0. The van der Waals surface area contributed by atoms with E-state index < -0.39 is 0 Å². The van der Waals surface area contributed by atoms with Crippen molar-refractivity contribution in [2.45, 2.75) is 25.8 Å². The minimum atomic E-state index is -0.339. The molecule has 1 atom stereocenters. The number of rotatable bonds is 1. The predicted molar refractivity (Wildman–Crippen MR) is 66.9 cm³/mol. The molecule has 2 heterocycles. The number of hydrogen-bond acceptors (Lipinski definition) is 3. The lowest BCUT2D eigenvalue weighted by Crippen LogP contribution is -2.48. The molecule has 18 heavy (non-hydrogen) atoms. The highest BCUT2D eigenvalue weighted by Crippen LogP contribution is 2.30. The number of carbonyl (C=O) groups is 2. The third kappa shape index (κ3) is 1.59. The average Bonchev–Trinajstić information content (AvgIpc) is 2.66. The van der Waals surface area contributed by atoms with E-state index in [-0.39, 0.29) is 24.3 Å². The summed E-state index contributed by atoms with van der Waals surface area (Å²) in [7, 11) is 0. The highest BCUT2D eigenvalue weighted by Gasteiger charge is 2.41. The van der Waals surface area contributed by atoms with E-state index in [2.05, 4.69) is 4.99 Å². The lowest BCUT2D eigenvalue weighted by molar-refractivity contribution is -0.133. The Bertz CT molecular complexity index is 538. The van der Waals surface area contributed by atoms with Gasteiger partial charge in [0.15, 0.2) is 0 Å². The second kappa shape index (κ2) is 3.94. The van der Waals surface area contributed by atoms with Crippen molar-refractivity contribution in [2.24, 2.45) is 4.99 Å². The van der Waals surface area contributed by atoms with Crippen LogP contribution in [0.3, 0.4) is 0 Å². The summed E-state index contributed by atoms with van der Waals surface area (Å²) in [6.45, 7) is 2.02. The Labute approximate surface area is 105 Å². The molecule has 5 heteroatoms. The van der Waals surface area contributed by atoms with Crippen LogP contribution >= 0.6 is 0 Å². The van der Waals surface area contributed by atoms with Gasteiger partial charge in [-0.05, 0) is 19.1 Å². The molecule has 1 unspecified atom stereocenters. The fraction of sp³-hybridized carbons (Fsp3) is 0.308. The van der Waals surface area contributed by atoms with Gasteiger partial charge in [0.05, 0.1) is 11.7 Å². The van der Waals surface area contributed by atoms with E-state index in [1.807, 2.05) is 42.3 Å². The van der Waals surface area contributed by atoms with Gasteiger partial charge in [0, 0.05) is 6.42 Å². The van der Waals surface area contributed by atoms with Crippen molar-refractivity contribution < 1.29 is 9.59 Å². The van der Waals surface area contributed by atoms with Crippen LogP contribution < -0.4 is 5.01 Å². The van der Waals surface area contributed by atoms with E-state index in [0.29, 0.717) is 12.3 Å². The Morgan fingerprint density at radius 1 is 1.22 bits per heavy atom. The van der Waals surface area contributed by atoms with Crippen molar-refractivity contribution in [1.29, 1.82) is 0 Å². The third-order valence-electron chi connectivity index (χ3n) is 3.17. The Balaban J connectivity index is 2.04. The van der Waals surface area contributed by atoms with E-state index >= 15 is 0 Å². The molecule has 1 aromatic carbocycles. The molecule has 2 aliphatic rings. The number of carbonyl (C=O) groups excluding carboxylic acids is 2. The van der Waals surface area contributed by atoms with Crippen LogP contribution in [0.5, 0.6) is 0 Å². The number of aliphatic imine (C=N–C) groups is 1. The van der Waals surface area contributed by atoms with E-state index in [4.69, 9.17) is 0 Å². The largest absolute Gasteiger partial charge is 0.274 e. The SMILES string of the molecule is CC1CC2=NC(=O)CC(=O)N2N1c1ccccc1. The van der Waals surface area contributed by atoms with Crippen molar-refractivity contribution in [3.63, 3.8) is 0 Å². The number of amidine groups is 1.